The van der Waals surface area contributed by atoms with Crippen molar-refractivity contribution in [3.05, 3.63) is 71.3 Å². The van der Waals surface area contributed by atoms with Crippen molar-refractivity contribution in [2.24, 2.45) is 0 Å². The number of halogens is 2. The van der Waals surface area contributed by atoms with Crippen LogP contribution in [0, 0.1) is 11.6 Å². The Morgan fingerprint density at radius 1 is 1.12 bits per heavy atom. The normalized spacial score (nSPS) is 10.7. The molecule has 0 unspecified atom stereocenters. The van der Waals surface area contributed by atoms with Crippen molar-refractivity contribution in [2.45, 2.75) is 0 Å². The van der Waals surface area contributed by atoms with Crippen LogP contribution in [0.15, 0.2) is 48.5 Å². The maximum atomic E-state index is 13.6. The molecular weight excluding hydrogens is 328 g/mol. The number of ketones is 1. The Bertz CT molecular complexity index is 816. The lowest BCUT2D eigenvalue weighted by Crippen LogP contribution is -2.27. The number of carbonyl (C=O) groups is 2. The van der Waals surface area contributed by atoms with Crippen LogP contribution in [0.1, 0.15) is 15.9 Å². The van der Waals surface area contributed by atoms with Crippen molar-refractivity contribution in [1.82, 2.24) is 4.90 Å². The van der Waals surface area contributed by atoms with Crippen molar-refractivity contribution in [3.8, 4) is 5.75 Å². The number of benzene rings is 2. The highest BCUT2D eigenvalue weighted by Gasteiger charge is 2.08. The average molecular weight is 345 g/mol. The Balaban J connectivity index is 2.07. The average Bonchev–Trinajstić information content (AvgIpc) is 2.58. The molecular formula is C19H17F2NO3. The zero-order valence-electron chi connectivity index (χ0n) is 13.8. The molecule has 0 aliphatic heterocycles. The molecule has 0 N–H and O–H groups in total. The summed E-state index contributed by atoms with van der Waals surface area (Å²) in [7, 11) is 3.23. The van der Waals surface area contributed by atoms with Crippen LogP contribution < -0.4 is 4.74 Å². The minimum absolute atomic E-state index is 0.110. The van der Waals surface area contributed by atoms with E-state index in [9.17, 15) is 18.4 Å². The van der Waals surface area contributed by atoms with Gasteiger partial charge in [0.25, 0.3) is 5.91 Å². The molecule has 0 spiro atoms. The molecule has 0 heterocycles. The molecule has 0 aliphatic rings. The molecule has 2 aromatic rings. The second-order valence-electron chi connectivity index (χ2n) is 5.47. The molecule has 2 rings (SSSR count). The van der Waals surface area contributed by atoms with Gasteiger partial charge in [-0.1, -0.05) is 12.1 Å². The molecule has 4 nitrogen and oxygen atoms in total. The fraction of sp³-hybridized carbons (Fsp3) is 0.158. The zero-order valence-corrected chi connectivity index (χ0v) is 13.8. The second kappa shape index (κ2) is 8.19. The van der Waals surface area contributed by atoms with Crippen LogP contribution in [0.3, 0.4) is 0 Å². The van der Waals surface area contributed by atoms with E-state index in [0.29, 0.717) is 11.3 Å². The lowest BCUT2D eigenvalue weighted by atomic mass is 10.1. The first-order valence-electron chi connectivity index (χ1n) is 7.47. The van der Waals surface area contributed by atoms with Crippen molar-refractivity contribution >= 4 is 17.8 Å². The number of hydrogen-bond acceptors (Lipinski definition) is 3. The van der Waals surface area contributed by atoms with E-state index in [1.807, 2.05) is 0 Å². The fourth-order valence-electron chi connectivity index (χ4n) is 1.91. The molecule has 0 saturated carbocycles. The summed E-state index contributed by atoms with van der Waals surface area (Å²) in [6.07, 6.45) is 2.47. The van der Waals surface area contributed by atoms with Gasteiger partial charge in [0.15, 0.2) is 12.4 Å². The van der Waals surface area contributed by atoms with Gasteiger partial charge in [0.05, 0.1) is 0 Å². The molecule has 0 fully saturated rings. The van der Waals surface area contributed by atoms with Crippen molar-refractivity contribution in [1.29, 1.82) is 0 Å². The Labute approximate surface area is 144 Å². The van der Waals surface area contributed by atoms with Gasteiger partial charge in [-0.25, -0.2) is 8.78 Å². The zero-order chi connectivity index (χ0) is 18.4. The first-order chi connectivity index (χ1) is 11.9. The van der Waals surface area contributed by atoms with Crippen LogP contribution in [0.2, 0.25) is 0 Å². The Morgan fingerprint density at radius 2 is 1.88 bits per heavy atom. The Morgan fingerprint density at radius 3 is 2.56 bits per heavy atom. The van der Waals surface area contributed by atoms with E-state index in [4.69, 9.17) is 4.74 Å². The lowest BCUT2D eigenvalue weighted by molar-refractivity contribution is -0.130. The molecule has 0 bridgehead atoms. The smallest absolute Gasteiger partial charge is 0.259 e. The van der Waals surface area contributed by atoms with Crippen LogP contribution in [0.5, 0.6) is 5.75 Å². The number of allylic oxidation sites excluding steroid dienone is 1. The number of likely N-dealkylation sites (N-methyl/N-ethyl adjacent to an activating group) is 1. The number of rotatable bonds is 6. The highest BCUT2D eigenvalue weighted by molar-refractivity contribution is 6.07. The number of ether oxygens (including phenoxy) is 1. The third kappa shape index (κ3) is 5.24. The summed E-state index contributed by atoms with van der Waals surface area (Å²) in [6, 6.07) is 9.44. The standard InChI is InChI=1S/C19H17F2NO3/c1-22(2)19(24)12-25-16-5-3-4-14(10-16)18(23)9-7-13-6-8-15(20)11-17(13)21/h3-11H,12H2,1-2H3. The Hall–Kier alpha value is -3.02. The van der Waals surface area contributed by atoms with Crippen LogP contribution in [-0.4, -0.2) is 37.3 Å². The second-order valence-corrected chi connectivity index (χ2v) is 5.47. The molecule has 1 amide bonds. The van der Waals surface area contributed by atoms with Gasteiger partial charge in [0.2, 0.25) is 0 Å². The van der Waals surface area contributed by atoms with E-state index < -0.39 is 11.6 Å². The lowest BCUT2D eigenvalue weighted by Gasteiger charge is -2.11. The van der Waals surface area contributed by atoms with Crippen LogP contribution >= 0.6 is 0 Å². The molecule has 0 atom stereocenters. The first-order valence-corrected chi connectivity index (χ1v) is 7.47. The fourth-order valence-corrected chi connectivity index (χ4v) is 1.91. The van der Waals surface area contributed by atoms with Gasteiger partial charge >= 0.3 is 0 Å². The summed E-state index contributed by atoms with van der Waals surface area (Å²) in [5.41, 5.74) is 0.437. The maximum Gasteiger partial charge on any atom is 0.259 e. The van der Waals surface area contributed by atoms with Crippen molar-refractivity contribution in [3.63, 3.8) is 0 Å². The monoisotopic (exact) mass is 345 g/mol. The summed E-state index contributed by atoms with van der Waals surface area (Å²) in [5, 5.41) is 0. The highest BCUT2D eigenvalue weighted by atomic mass is 19.1. The molecule has 2 aromatic carbocycles. The summed E-state index contributed by atoms with van der Waals surface area (Å²) < 4.78 is 31.8. The van der Waals surface area contributed by atoms with Crippen LogP contribution in [0.4, 0.5) is 8.78 Å². The number of nitrogens with zero attached hydrogens (tertiary/aromatic N) is 1. The van der Waals surface area contributed by atoms with E-state index in [0.717, 1.165) is 12.1 Å². The third-order valence-corrected chi connectivity index (χ3v) is 3.36. The van der Waals surface area contributed by atoms with Gasteiger partial charge in [-0.2, -0.15) is 0 Å². The summed E-state index contributed by atoms with van der Waals surface area (Å²) in [4.78, 5) is 25.1. The quantitative estimate of drug-likeness (QED) is 0.596. The van der Waals surface area contributed by atoms with Gasteiger partial charge in [-0.3, -0.25) is 9.59 Å². The summed E-state index contributed by atoms with van der Waals surface area (Å²) in [5.74, 6) is -1.62. The molecule has 0 radical (unpaired) electrons. The summed E-state index contributed by atoms with van der Waals surface area (Å²) in [6.45, 7) is -0.138. The van der Waals surface area contributed by atoms with E-state index in [-0.39, 0.29) is 23.9 Å². The van der Waals surface area contributed by atoms with E-state index >= 15 is 0 Å². The van der Waals surface area contributed by atoms with Gasteiger partial charge in [-0.15, -0.1) is 0 Å². The van der Waals surface area contributed by atoms with Gasteiger partial charge in [0, 0.05) is 31.3 Å². The first kappa shape index (κ1) is 18.3. The van der Waals surface area contributed by atoms with Crippen LogP contribution in [-0.2, 0) is 4.79 Å². The predicted molar refractivity (Wildman–Crippen MR) is 90.4 cm³/mol. The molecule has 0 aromatic heterocycles. The van der Waals surface area contributed by atoms with E-state index in [1.54, 1.807) is 32.3 Å². The molecule has 0 aliphatic carbocycles. The minimum Gasteiger partial charge on any atom is -0.484 e. The molecule has 6 heteroatoms. The Kier molecular flexibility index (Phi) is 6.00. The van der Waals surface area contributed by atoms with Gasteiger partial charge in [0.1, 0.15) is 17.4 Å². The van der Waals surface area contributed by atoms with E-state index in [1.165, 1.54) is 29.2 Å². The highest BCUT2D eigenvalue weighted by Crippen LogP contribution is 2.16. The SMILES string of the molecule is CN(C)C(=O)COc1cccc(C(=O)C=Cc2ccc(F)cc2F)c1. The molecule has 0 saturated heterocycles. The van der Waals surface area contributed by atoms with Crippen molar-refractivity contribution in [2.75, 3.05) is 20.7 Å². The van der Waals surface area contributed by atoms with E-state index in [2.05, 4.69) is 0 Å². The molecule has 130 valence electrons. The van der Waals surface area contributed by atoms with Crippen LogP contribution in [0.25, 0.3) is 6.08 Å². The van der Waals surface area contributed by atoms with Gasteiger partial charge < -0.3 is 9.64 Å². The largest absolute Gasteiger partial charge is 0.484 e. The summed E-state index contributed by atoms with van der Waals surface area (Å²) >= 11 is 0. The minimum atomic E-state index is -0.747. The number of amides is 1. The third-order valence-electron chi connectivity index (χ3n) is 3.36. The predicted octanol–water partition coefficient (Wildman–Crippen LogP) is 3.33. The molecule has 25 heavy (non-hydrogen) atoms. The maximum absolute atomic E-state index is 13.6. The van der Waals surface area contributed by atoms with Crippen molar-refractivity contribution < 1.29 is 23.1 Å². The topological polar surface area (TPSA) is 46.6 Å². The van der Waals surface area contributed by atoms with Gasteiger partial charge in [-0.05, 0) is 36.4 Å². The number of hydrogen-bond donors (Lipinski definition) is 0. The number of carbonyl (C=O) groups excluding carboxylic acids is 2.